The zero-order valence-corrected chi connectivity index (χ0v) is 11.9. The first-order valence-corrected chi connectivity index (χ1v) is 7.62. The van der Waals surface area contributed by atoms with Crippen molar-refractivity contribution in [3.05, 3.63) is 28.4 Å². The van der Waals surface area contributed by atoms with E-state index in [1.54, 1.807) is 0 Å². The first-order valence-electron chi connectivity index (χ1n) is 7.62. The summed E-state index contributed by atoms with van der Waals surface area (Å²) in [5, 5.41) is 0. The highest BCUT2D eigenvalue weighted by Gasteiger charge is 2.53. The number of aromatic amines is 1. The first-order chi connectivity index (χ1) is 10.2. The van der Waals surface area contributed by atoms with E-state index in [1.165, 1.54) is 12.3 Å². The van der Waals surface area contributed by atoms with Gasteiger partial charge in [0.25, 0.3) is 5.56 Å². The van der Waals surface area contributed by atoms with E-state index < -0.39 is 0 Å². The molecule has 2 bridgehead atoms. The maximum atomic E-state index is 12.8. The molecule has 4 rings (SSSR count). The number of H-pyrrole nitrogens is 1. The molecule has 1 aliphatic carbocycles. The molecule has 3 fully saturated rings. The van der Waals surface area contributed by atoms with Gasteiger partial charge in [0, 0.05) is 31.3 Å². The van der Waals surface area contributed by atoms with Gasteiger partial charge < -0.3 is 14.6 Å². The lowest BCUT2D eigenvalue weighted by Gasteiger charge is -2.29. The molecule has 6 heteroatoms. The fourth-order valence-corrected chi connectivity index (χ4v) is 3.98. The molecule has 2 aliphatic heterocycles. The van der Waals surface area contributed by atoms with Crippen molar-refractivity contribution in [3.8, 4) is 0 Å². The Morgan fingerprint density at radius 3 is 3.05 bits per heavy atom. The Labute approximate surface area is 122 Å². The predicted octanol–water partition coefficient (Wildman–Crippen LogP) is 0.655. The van der Waals surface area contributed by atoms with E-state index in [0.29, 0.717) is 25.1 Å². The molecule has 1 amide bonds. The van der Waals surface area contributed by atoms with Gasteiger partial charge in [0.05, 0.1) is 18.1 Å². The van der Waals surface area contributed by atoms with Crippen LogP contribution in [0.25, 0.3) is 0 Å². The van der Waals surface area contributed by atoms with Crippen molar-refractivity contribution >= 4 is 5.91 Å². The summed E-state index contributed by atoms with van der Waals surface area (Å²) >= 11 is 0. The molecule has 3 unspecified atom stereocenters. The van der Waals surface area contributed by atoms with Crippen LogP contribution in [-0.4, -0.2) is 46.6 Å². The van der Waals surface area contributed by atoms with Gasteiger partial charge in [-0.2, -0.15) is 0 Å². The molecular formula is C15H19N3O3. The Morgan fingerprint density at radius 2 is 2.38 bits per heavy atom. The molecule has 2 saturated heterocycles. The Kier molecular flexibility index (Phi) is 2.89. The summed E-state index contributed by atoms with van der Waals surface area (Å²) < 4.78 is 5.66. The van der Waals surface area contributed by atoms with Crippen LogP contribution < -0.4 is 5.56 Å². The molecule has 1 saturated carbocycles. The molecule has 21 heavy (non-hydrogen) atoms. The summed E-state index contributed by atoms with van der Waals surface area (Å²) in [6, 6.07) is 1.41. The number of nitrogens with zero attached hydrogens (tertiary/aromatic N) is 2. The van der Waals surface area contributed by atoms with E-state index in [4.69, 9.17) is 4.74 Å². The summed E-state index contributed by atoms with van der Waals surface area (Å²) in [4.78, 5) is 33.2. The summed E-state index contributed by atoms with van der Waals surface area (Å²) in [5.74, 6) is 1.07. The highest BCUT2D eigenvalue weighted by Crippen LogP contribution is 2.48. The second kappa shape index (κ2) is 4.66. The number of nitrogens with one attached hydrogen (secondary N) is 1. The Balaban J connectivity index is 1.49. The SMILES string of the molecule is O=C(N1CCC(c2nccc(=O)[nH]2)C1)C12CCC(C1)OC2. The van der Waals surface area contributed by atoms with Crippen LogP contribution in [0.3, 0.4) is 0 Å². The number of ether oxygens (including phenoxy) is 1. The van der Waals surface area contributed by atoms with Crippen molar-refractivity contribution in [3.63, 3.8) is 0 Å². The Bertz CT molecular complexity index is 619. The normalized spacial score (nSPS) is 34.6. The third-order valence-electron chi connectivity index (χ3n) is 5.17. The molecule has 1 aromatic rings. The monoisotopic (exact) mass is 289 g/mol. The number of hydrogen-bond acceptors (Lipinski definition) is 4. The van der Waals surface area contributed by atoms with Crippen LogP contribution in [0.2, 0.25) is 0 Å². The van der Waals surface area contributed by atoms with Crippen molar-refractivity contribution in [1.82, 2.24) is 14.9 Å². The maximum Gasteiger partial charge on any atom is 0.250 e. The van der Waals surface area contributed by atoms with E-state index in [1.807, 2.05) is 4.90 Å². The topological polar surface area (TPSA) is 75.3 Å². The third kappa shape index (κ3) is 2.09. The van der Waals surface area contributed by atoms with Gasteiger partial charge in [-0.05, 0) is 25.7 Å². The first kappa shape index (κ1) is 13.0. The van der Waals surface area contributed by atoms with Crippen LogP contribution >= 0.6 is 0 Å². The predicted molar refractivity (Wildman–Crippen MR) is 74.8 cm³/mol. The van der Waals surface area contributed by atoms with E-state index >= 15 is 0 Å². The lowest BCUT2D eigenvalue weighted by Crippen LogP contribution is -2.42. The number of aromatic nitrogens is 2. The highest BCUT2D eigenvalue weighted by molar-refractivity contribution is 5.84. The summed E-state index contributed by atoms with van der Waals surface area (Å²) in [5.41, 5.74) is -0.400. The number of fused-ring (bicyclic) bond motifs is 2. The molecule has 3 heterocycles. The standard InChI is InChI=1S/C15H19N3O3/c19-12-2-5-16-13(17-12)10-3-6-18(8-10)14(20)15-4-1-11(7-15)21-9-15/h2,5,10-11H,1,3-4,6-9H2,(H,16,17,19). The number of amides is 1. The number of likely N-dealkylation sites (tertiary alicyclic amines) is 1. The van der Waals surface area contributed by atoms with Gasteiger partial charge in [0.2, 0.25) is 5.91 Å². The summed E-state index contributed by atoms with van der Waals surface area (Å²) in [6.45, 7) is 1.98. The molecule has 3 atom stereocenters. The molecule has 1 aromatic heterocycles. The van der Waals surface area contributed by atoms with Gasteiger partial charge in [-0.3, -0.25) is 9.59 Å². The lowest BCUT2D eigenvalue weighted by atomic mass is 9.86. The molecule has 0 aromatic carbocycles. The maximum absolute atomic E-state index is 12.8. The Hall–Kier alpha value is -1.69. The van der Waals surface area contributed by atoms with Gasteiger partial charge in [-0.1, -0.05) is 0 Å². The van der Waals surface area contributed by atoms with Gasteiger partial charge >= 0.3 is 0 Å². The van der Waals surface area contributed by atoms with Gasteiger partial charge in [0.1, 0.15) is 5.82 Å². The zero-order valence-electron chi connectivity index (χ0n) is 11.9. The van der Waals surface area contributed by atoms with Gasteiger partial charge in [0.15, 0.2) is 0 Å². The fourth-order valence-electron chi connectivity index (χ4n) is 3.98. The molecule has 3 aliphatic rings. The quantitative estimate of drug-likeness (QED) is 0.867. The largest absolute Gasteiger partial charge is 0.377 e. The molecule has 0 spiro atoms. The van der Waals surface area contributed by atoms with Gasteiger partial charge in [-0.25, -0.2) is 4.98 Å². The lowest BCUT2D eigenvalue weighted by molar-refractivity contribution is -0.142. The fraction of sp³-hybridized carbons (Fsp3) is 0.667. The summed E-state index contributed by atoms with van der Waals surface area (Å²) in [7, 11) is 0. The molecule has 6 nitrogen and oxygen atoms in total. The van der Waals surface area contributed by atoms with Crippen molar-refractivity contribution in [2.75, 3.05) is 19.7 Å². The Morgan fingerprint density at radius 1 is 1.48 bits per heavy atom. The van der Waals surface area contributed by atoms with Crippen molar-refractivity contribution in [2.45, 2.75) is 37.7 Å². The van der Waals surface area contributed by atoms with Crippen molar-refractivity contribution in [2.24, 2.45) is 5.41 Å². The molecular weight excluding hydrogens is 270 g/mol. The van der Waals surface area contributed by atoms with E-state index in [9.17, 15) is 9.59 Å². The average Bonchev–Trinajstić information content (AvgIpc) is 3.22. The van der Waals surface area contributed by atoms with Crippen LogP contribution in [-0.2, 0) is 9.53 Å². The average molecular weight is 289 g/mol. The smallest absolute Gasteiger partial charge is 0.250 e. The van der Waals surface area contributed by atoms with Crippen LogP contribution in [0, 0.1) is 5.41 Å². The van der Waals surface area contributed by atoms with Crippen LogP contribution in [0.1, 0.15) is 37.4 Å². The highest BCUT2D eigenvalue weighted by atomic mass is 16.5. The molecule has 1 N–H and O–H groups in total. The van der Waals surface area contributed by atoms with E-state index in [-0.39, 0.29) is 22.8 Å². The third-order valence-corrected chi connectivity index (χ3v) is 5.17. The minimum absolute atomic E-state index is 0.133. The second-order valence-corrected chi connectivity index (χ2v) is 6.51. The van der Waals surface area contributed by atoms with Crippen LogP contribution in [0.5, 0.6) is 0 Å². The molecule has 0 radical (unpaired) electrons. The number of carbonyl (C=O) groups is 1. The molecule has 112 valence electrons. The number of carbonyl (C=O) groups excluding carboxylic acids is 1. The summed E-state index contributed by atoms with van der Waals surface area (Å²) in [6.07, 6.45) is 5.53. The van der Waals surface area contributed by atoms with Crippen LogP contribution in [0.15, 0.2) is 17.1 Å². The van der Waals surface area contributed by atoms with Crippen molar-refractivity contribution in [1.29, 1.82) is 0 Å². The van der Waals surface area contributed by atoms with Crippen LogP contribution in [0.4, 0.5) is 0 Å². The second-order valence-electron chi connectivity index (χ2n) is 6.51. The van der Waals surface area contributed by atoms with E-state index in [2.05, 4.69) is 9.97 Å². The number of rotatable bonds is 2. The number of hydrogen-bond donors (Lipinski definition) is 1. The van der Waals surface area contributed by atoms with Crippen molar-refractivity contribution < 1.29 is 9.53 Å². The minimum atomic E-state index is -0.267. The van der Waals surface area contributed by atoms with E-state index in [0.717, 1.165) is 32.2 Å². The van der Waals surface area contributed by atoms with Gasteiger partial charge in [-0.15, -0.1) is 0 Å². The zero-order chi connectivity index (χ0) is 14.4. The minimum Gasteiger partial charge on any atom is -0.377 e.